The summed E-state index contributed by atoms with van der Waals surface area (Å²) < 4.78 is 10.7. The maximum absolute atomic E-state index is 11.9. The third kappa shape index (κ3) is 3.60. The largest absolute Gasteiger partial charge is 0.462 e. The Morgan fingerprint density at radius 1 is 1.24 bits per heavy atom. The molecule has 0 fully saturated rings. The molecule has 0 saturated carbocycles. The molecule has 6 heteroatoms. The summed E-state index contributed by atoms with van der Waals surface area (Å²) in [5, 5.41) is 0.805. The number of anilines is 1. The normalized spacial score (nSPS) is 10.2. The molecule has 21 heavy (non-hydrogen) atoms. The minimum atomic E-state index is -0.509. The first-order chi connectivity index (χ1) is 10.0. The number of hydrogen-bond donors (Lipinski definition) is 1. The summed E-state index contributed by atoms with van der Waals surface area (Å²) in [6.45, 7) is 1.98. The van der Waals surface area contributed by atoms with E-state index in [2.05, 4.69) is 0 Å². The second-order valence-electron chi connectivity index (χ2n) is 4.12. The van der Waals surface area contributed by atoms with Crippen molar-refractivity contribution >= 4 is 34.9 Å². The first kappa shape index (κ1) is 15.5. The molecule has 0 aliphatic carbocycles. The standard InChI is InChI=1S/C15H13Cl2NO3/c1-2-20-15(19)10-4-3-5-12(18)14(10)21-13-7-6-9(16)8-11(13)17/h3-8H,2,18H2,1H3. The number of halogens is 2. The van der Waals surface area contributed by atoms with E-state index >= 15 is 0 Å². The molecular formula is C15H13Cl2NO3. The maximum atomic E-state index is 11.9. The van der Waals surface area contributed by atoms with Gasteiger partial charge in [-0.3, -0.25) is 0 Å². The van der Waals surface area contributed by atoms with Gasteiger partial charge in [-0.05, 0) is 37.3 Å². The van der Waals surface area contributed by atoms with Gasteiger partial charge in [0.15, 0.2) is 5.75 Å². The Kier molecular flexibility index (Phi) is 4.94. The number of nitrogens with two attached hydrogens (primary N) is 1. The minimum Gasteiger partial charge on any atom is -0.462 e. The first-order valence-electron chi connectivity index (χ1n) is 6.21. The third-order valence-electron chi connectivity index (χ3n) is 2.65. The number of rotatable bonds is 4. The van der Waals surface area contributed by atoms with E-state index in [0.29, 0.717) is 21.5 Å². The molecule has 0 saturated heterocycles. The van der Waals surface area contributed by atoms with Gasteiger partial charge in [0.25, 0.3) is 0 Å². The fraction of sp³-hybridized carbons (Fsp3) is 0.133. The molecule has 0 aromatic heterocycles. The van der Waals surface area contributed by atoms with Crippen molar-refractivity contribution in [1.82, 2.24) is 0 Å². The van der Waals surface area contributed by atoms with Crippen LogP contribution in [0.25, 0.3) is 0 Å². The first-order valence-corrected chi connectivity index (χ1v) is 6.97. The summed E-state index contributed by atoms with van der Waals surface area (Å²) in [6.07, 6.45) is 0. The highest BCUT2D eigenvalue weighted by Crippen LogP contribution is 2.36. The molecule has 2 aromatic rings. The number of nitrogen functional groups attached to an aromatic ring is 1. The molecule has 0 heterocycles. The van der Waals surface area contributed by atoms with Crippen LogP contribution in [-0.4, -0.2) is 12.6 Å². The van der Waals surface area contributed by atoms with Crippen LogP contribution in [0.2, 0.25) is 10.0 Å². The van der Waals surface area contributed by atoms with Crippen molar-refractivity contribution < 1.29 is 14.3 Å². The molecular weight excluding hydrogens is 313 g/mol. The van der Waals surface area contributed by atoms with Crippen LogP contribution < -0.4 is 10.5 Å². The fourth-order valence-electron chi connectivity index (χ4n) is 1.71. The molecule has 110 valence electrons. The van der Waals surface area contributed by atoms with E-state index in [9.17, 15) is 4.79 Å². The number of para-hydroxylation sites is 1. The lowest BCUT2D eigenvalue weighted by molar-refractivity contribution is 0.0523. The summed E-state index contributed by atoms with van der Waals surface area (Å²) in [4.78, 5) is 11.9. The summed E-state index contributed by atoms with van der Waals surface area (Å²) >= 11 is 11.9. The lowest BCUT2D eigenvalue weighted by Gasteiger charge is -2.13. The molecule has 0 atom stereocenters. The SMILES string of the molecule is CCOC(=O)c1cccc(N)c1Oc1ccc(Cl)cc1Cl. The van der Waals surface area contributed by atoms with Crippen molar-refractivity contribution in [3.63, 3.8) is 0 Å². The highest BCUT2D eigenvalue weighted by atomic mass is 35.5. The number of ether oxygens (including phenoxy) is 2. The molecule has 2 rings (SSSR count). The molecule has 4 nitrogen and oxygen atoms in total. The van der Waals surface area contributed by atoms with Crippen LogP contribution in [0.4, 0.5) is 5.69 Å². The Morgan fingerprint density at radius 2 is 2.00 bits per heavy atom. The van der Waals surface area contributed by atoms with Crippen LogP contribution in [0.5, 0.6) is 11.5 Å². The third-order valence-corrected chi connectivity index (χ3v) is 3.18. The predicted molar refractivity (Wildman–Crippen MR) is 83.3 cm³/mol. The van der Waals surface area contributed by atoms with Gasteiger partial charge in [0.2, 0.25) is 0 Å². The lowest BCUT2D eigenvalue weighted by Crippen LogP contribution is -2.08. The topological polar surface area (TPSA) is 61.5 Å². The molecule has 0 spiro atoms. The van der Waals surface area contributed by atoms with Gasteiger partial charge in [-0.15, -0.1) is 0 Å². The maximum Gasteiger partial charge on any atom is 0.342 e. The molecule has 0 aliphatic heterocycles. The molecule has 0 amide bonds. The summed E-state index contributed by atoms with van der Waals surface area (Å²) in [7, 11) is 0. The second kappa shape index (κ2) is 6.70. The van der Waals surface area contributed by atoms with Crippen LogP contribution in [0.15, 0.2) is 36.4 Å². The van der Waals surface area contributed by atoms with Crippen molar-refractivity contribution in [3.8, 4) is 11.5 Å². The quantitative estimate of drug-likeness (QED) is 0.662. The van der Waals surface area contributed by atoms with E-state index < -0.39 is 5.97 Å². The van der Waals surface area contributed by atoms with Crippen LogP contribution in [0.3, 0.4) is 0 Å². The van der Waals surface area contributed by atoms with E-state index in [0.717, 1.165) is 0 Å². The zero-order valence-electron chi connectivity index (χ0n) is 11.2. The van der Waals surface area contributed by atoms with Gasteiger partial charge < -0.3 is 15.2 Å². The number of hydrogen-bond acceptors (Lipinski definition) is 4. The number of carbonyl (C=O) groups is 1. The van der Waals surface area contributed by atoms with Crippen LogP contribution in [-0.2, 0) is 4.74 Å². The van der Waals surface area contributed by atoms with Crippen LogP contribution >= 0.6 is 23.2 Å². The Morgan fingerprint density at radius 3 is 2.67 bits per heavy atom. The van der Waals surface area contributed by atoms with Crippen molar-refractivity contribution in [2.45, 2.75) is 6.92 Å². The van der Waals surface area contributed by atoms with Gasteiger partial charge in [-0.25, -0.2) is 4.79 Å². The van der Waals surface area contributed by atoms with E-state index in [1.54, 1.807) is 43.3 Å². The Bertz CT molecular complexity index is 674. The highest BCUT2D eigenvalue weighted by molar-refractivity contribution is 6.35. The predicted octanol–water partition coefficient (Wildman–Crippen LogP) is 4.54. The average Bonchev–Trinajstić information content (AvgIpc) is 2.43. The highest BCUT2D eigenvalue weighted by Gasteiger charge is 2.18. The van der Waals surface area contributed by atoms with Gasteiger partial charge in [0, 0.05) is 5.02 Å². The van der Waals surface area contributed by atoms with Crippen LogP contribution in [0, 0.1) is 0 Å². The smallest absolute Gasteiger partial charge is 0.342 e. The zero-order chi connectivity index (χ0) is 15.4. The van der Waals surface area contributed by atoms with E-state index in [4.69, 9.17) is 38.4 Å². The van der Waals surface area contributed by atoms with E-state index in [1.165, 1.54) is 0 Å². The summed E-state index contributed by atoms with van der Waals surface area (Å²) in [5.41, 5.74) is 6.43. The van der Waals surface area contributed by atoms with Crippen molar-refractivity contribution in [2.24, 2.45) is 0 Å². The molecule has 0 aliphatic rings. The van der Waals surface area contributed by atoms with Gasteiger partial charge in [-0.2, -0.15) is 0 Å². The van der Waals surface area contributed by atoms with Gasteiger partial charge >= 0.3 is 5.97 Å². The molecule has 0 bridgehead atoms. The molecule has 2 aromatic carbocycles. The second-order valence-corrected chi connectivity index (χ2v) is 4.96. The van der Waals surface area contributed by atoms with E-state index in [-0.39, 0.29) is 17.9 Å². The van der Waals surface area contributed by atoms with Gasteiger partial charge in [0.1, 0.15) is 11.3 Å². The molecule has 0 radical (unpaired) electrons. The Hall–Kier alpha value is -1.91. The number of benzene rings is 2. The lowest BCUT2D eigenvalue weighted by atomic mass is 10.1. The minimum absolute atomic E-state index is 0.208. The van der Waals surface area contributed by atoms with Gasteiger partial charge in [-0.1, -0.05) is 29.3 Å². The van der Waals surface area contributed by atoms with Crippen molar-refractivity contribution in [2.75, 3.05) is 12.3 Å². The van der Waals surface area contributed by atoms with Crippen molar-refractivity contribution in [3.05, 3.63) is 52.0 Å². The molecule has 2 N–H and O–H groups in total. The monoisotopic (exact) mass is 325 g/mol. The van der Waals surface area contributed by atoms with E-state index in [1.807, 2.05) is 0 Å². The van der Waals surface area contributed by atoms with Crippen LogP contribution in [0.1, 0.15) is 17.3 Å². The summed E-state index contributed by atoms with van der Waals surface area (Å²) in [5.74, 6) is 0.0505. The Labute approximate surface area is 132 Å². The number of carbonyl (C=O) groups excluding carboxylic acids is 1. The van der Waals surface area contributed by atoms with Gasteiger partial charge in [0.05, 0.1) is 17.3 Å². The zero-order valence-corrected chi connectivity index (χ0v) is 12.7. The molecule has 0 unspecified atom stereocenters. The fourth-order valence-corrected chi connectivity index (χ4v) is 2.15. The number of esters is 1. The average molecular weight is 326 g/mol. The van der Waals surface area contributed by atoms with Crippen molar-refractivity contribution in [1.29, 1.82) is 0 Å². The Balaban J connectivity index is 2.41. The summed E-state index contributed by atoms with van der Waals surface area (Å²) in [6, 6.07) is 9.63.